The fourth-order valence-corrected chi connectivity index (χ4v) is 1.76. The lowest BCUT2D eigenvalue weighted by Gasteiger charge is -2.04. The number of thioether (sulfide) groups is 1. The molecule has 0 saturated heterocycles. The molecule has 6 nitrogen and oxygen atoms in total. The van der Waals surface area contributed by atoms with Gasteiger partial charge in [0.1, 0.15) is 0 Å². The van der Waals surface area contributed by atoms with Gasteiger partial charge in [-0.25, -0.2) is 4.98 Å². The van der Waals surface area contributed by atoms with Crippen molar-refractivity contribution in [2.24, 2.45) is 0 Å². The normalized spacial score (nSPS) is 11.6. The van der Waals surface area contributed by atoms with Gasteiger partial charge in [0.15, 0.2) is 5.16 Å². The van der Waals surface area contributed by atoms with E-state index in [2.05, 4.69) is 14.7 Å². The van der Waals surface area contributed by atoms with E-state index < -0.39 is 5.97 Å². The third-order valence-electron chi connectivity index (χ3n) is 1.80. The van der Waals surface area contributed by atoms with Crippen LogP contribution in [0.2, 0.25) is 0 Å². The van der Waals surface area contributed by atoms with Crippen LogP contribution in [0.15, 0.2) is 16.0 Å². The van der Waals surface area contributed by atoms with Crippen LogP contribution in [0.4, 0.5) is 0 Å². The van der Waals surface area contributed by atoms with Crippen molar-refractivity contribution >= 4 is 17.7 Å². The summed E-state index contributed by atoms with van der Waals surface area (Å²) in [5.41, 5.74) is -0.0280. The third kappa shape index (κ3) is 4.28. The number of ether oxygens (including phenoxy) is 1. The first-order valence-corrected chi connectivity index (χ1v) is 5.66. The molecule has 0 aliphatic heterocycles. The summed E-state index contributed by atoms with van der Waals surface area (Å²) >= 11 is 1.13. The van der Waals surface area contributed by atoms with Gasteiger partial charge < -0.3 is 9.72 Å². The summed E-state index contributed by atoms with van der Waals surface area (Å²) in [6.07, 6.45) is -0.0606. The molecule has 0 radical (unpaired) electrons. The van der Waals surface area contributed by atoms with Crippen LogP contribution in [0, 0.1) is 11.3 Å². The van der Waals surface area contributed by atoms with Gasteiger partial charge in [-0.15, -0.1) is 0 Å². The highest BCUT2D eigenvalue weighted by molar-refractivity contribution is 7.99. The molecule has 0 fully saturated rings. The van der Waals surface area contributed by atoms with Gasteiger partial charge in [0, 0.05) is 6.07 Å². The highest BCUT2D eigenvalue weighted by atomic mass is 32.2. The predicted molar refractivity (Wildman–Crippen MR) is 61.5 cm³/mol. The maximum absolute atomic E-state index is 11.3. The van der Waals surface area contributed by atoms with Crippen LogP contribution in [0.25, 0.3) is 0 Å². The Morgan fingerprint density at radius 2 is 2.47 bits per heavy atom. The number of methoxy groups -OCH3 is 1. The zero-order valence-corrected chi connectivity index (χ0v) is 10.2. The van der Waals surface area contributed by atoms with Gasteiger partial charge in [-0.1, -0.05) is 11.8 Å². The molecule has 1 N–H and O–H groups in total. The molecule has 17 heavy (non-hydrogen) atoms. The molecular formula is C10H11N3O3S. The Hall–Kier alpha value is -1.81. The number of carbonyl (C=O) groups excluding carboxylic acids is 1. The zero-order valence-electron chi connectivity index (χ0n) is 9.39. The third-order valence-corrected chi connectivity index (χ3v) is 2.67. The predicted octanol–water partition coefficient (Wildman–Crippen LogP) is 0.490. The molecular weight excluding hydrogens is 242 g/mol. The summed E-state index contributed by atoms with van der Waals surface area (Å²) in [7, 11) is 1.27. The van der Waals surface area contributed by atoms with E-state index in [0.29, 0.717) is 10.9 Å². The standard InChI is InChI=1S/C10H11N3O3S/c1-6(5-11)17-10-12-7(3-8(14)13-10)4-9(15)16-2/h3,6H,4H2,1-2H3,(H,12,13,14)/t6-/m0/s1. The first kappa shape index (κ1) is 13.3. The molecule has 0 saturated carbocycles. The number of nitrogens with zero attached hydrogens (tertiary/aromatic N) is 2. The second-order valence-electron chi connectivity index (χ2n) is 3.18. The lowest BCUT2D eigenvalue weighted by atomic mass is 10.3. The van der Waals surface area contributed by atoms with Crippen molar-refractivity contribution in [3.8, 4) is 6.07 Å². The second kappa shape index (κ2) is 6.06. The number of aromatic nitrogens is 2. The van der Waals surface area contributed by atoms with Crippen LogP contribution in [0.3, 0.4) is 0 Å². The first-order valence-electron chi connectivity index (χ1n) is 4.78. The number of rotatable bonds is 4. The average Bonchev–Trinajstić information content (AvgIpc) is 2.27. The Kier molecular flexibility index (Phi) is 4.72. The molecule has 1 heterocycles. The quantitative estimate of drug-likeness (QED) is 0.476. The van der Waals surface area contributed by atoms with Gasteiger partial charge in [0.25, 0.3) is 5.56 Å². The van der Waals surface area contributed by atoms with E-state index in [9.17, 15) is 9.59 Å². The minimum atomic E-state index is -0.465. The summed E-state index contributed by atoms with van der Waals surface area (Å²) < 4.78 is 4.49. The van der Waals surface area contributed by atoms with Crippen molar-refractivity contribution < 1.29 is 9.53 Å². The van der Waals surface area contributed by atoms with Gasteiger partial charge >= 0.3 is 5.97 Å². The molecule has 1 aromatic rings. The van der Waals surface area contributed by atoms with E-state index in [1.165, 1.54) is 13.2 Å². The molecule has 0 bridgehead atoms. The van der Waals surface area contributed by atoms with Crippen molar-refractivity contribution in [1.29, 1.82) is 5.26 Å². The number of nitrogens with one attached hydrogen (secondary N) is 1. The van der Waals surface area contributed by atoms with Crippen molar-refractivity contribution in [2.75, 3.05) is 7.11 Å². The van der Waals surface area contributed by atoms with Crippen LogP contribution >= 0.6 is 11.8 Å². The first-order chi connectivity index (χ1) is 8.05. The highest BCUT2D eigenvalue weighted by Crippen LogP contribution is 2.17. The van der Waals surface area contributed by atoms with Gasteiger partial charge in [0.05, 0.1) is 30.5 Å². The molecule has 0 aliphatic rings. The van der Waals surface area contributed by atoms with Crippen LogP contribution in [-0.4, -0.2) is 28.3 Å². The Morgan fingerprint density at radius 1 is 1.76 bits per heavy atom. The molecule has 0 spiro atoms. The van der Waals surface area contributed by atoms with Crippen LogP contribution in [0.5, 0.6) is 0 Å². The monoisotopic (exact) mass is 253 g/mol. The SMILES string of the molecule is COC(=O)Cc1cc(=O)[nH]c(S[C@@H](C)C#N)n1. The summed E-state index contributed by atoms with van der Waals surface area (Å²) in [5, 5.41) is 8.65. The van der Waals surface area contributed by atoms with Crippen molar-refractivity contribution in [2.45, 2.75) is 23.8 Å². The van der Waals surface area contributed by atoms with E-state index >= 15 is 0 Å². The number of esters is 1. The van der Waals surface area contributed by atoms with Crippen LogP contribution in [0.1, 0.15) is 12.6 Å². The largest absolute Gasteiger partial charge is 0.469 e. The maximum Gasteiger partial charge on any atom is 0.311 e. The molecule has 0 unspecified atom stereocenters. The van der Waals surface area contributed by atoms with Crippen molar-refractivity contribution in [3.05, 3.63) is 22.1 Å². The number of carbonyl (C=O) groups is 1. The molecule has 1 aromatic heterocycles. The van der Waals surface area contributed by atoms with Gasteiger partial charge in [0.2, 0.25) is 0 Å². The van der Waals surface area contributed by atoms with E-state index in [1.807, 2.05) is 6.07 Å². The maximum atomic E-state index is 11.3. The smallest absolute Gasteiger partial charge is 0.311 e. The molecule has 90 valence electrons. The molecule has 1 rings (SSSR count). The Labute approximate surface area is 102 Å². The van der Waals surface area contributed by atoms with E-state index in [-0.39, 0.29) is 17.2 Å². The summed E-state index contributed by atoms with van der Waals surface area (Å²) in [5.74, 6) is -0.465. The Balaban J connectivity index is 2.91. The fourth-order valence-electron chi connectivity index (χ4n) is 1.04. The molecule has 0 aliphatic carbocycles. The lowest BCUT2D eigenvalue weighted by Crippen LogP contribution is -2.14. The van der Waals surface area contributed by atoms with Gasteiger partial charge in [-0.2, -0.15) is 5.26 Å². The minimum absolute atomic E-state index is 0.0606. The summed E-state index contributed by atoms with van der Waals surface area (Å²) in [4.78, 5) is 28.9. The van der Waals surface area contributed by atoms with Crippen molar-refractivity contribution in [3.63, 3.8) is 0 Å². The van der Waals surface area contributed by atoms with E-state index in [4.69, 9.17) is 5.26 Å². The second-order valence-corrected chi connectivity index (χ2v) is 4.51. The summed E-state index contributed by atoms with van der Waals surface area (Å²) in [6.45, 7) is 1.69. The lowest BCUT2D eigenvalue weighted by molar-refractivity contribution is -0.139. The highest BCUT2D eigenvalue weighted by Gasteiger charge is 2.09. The number of aromatic amines is 1. The number of hydrogen-bond donors (Lipinski definition) is 1. The molecule has 0 aromatic carbocycles. The van der Waals surface area contributed by atoms with Gasteiger partial charge in [-0.05, 0) is 6.92 Å². The molecule has 1 atom stereocenters. The summed E-state index contributed by atoms with van der Waals surface area (Å²) in [6, 6.07) is 3.25. The van der Waals surface area contributed by atoms with Gasteiger partial charge in [-0.3, -0.25) is 9.59 Å². The number of hydrogen-bond acceptors (Lipinski definition) is 6. The molecule has 7 heteroatoms. The molecule has 0 amide bonds. The number of nitriles is 1. The Morgan fingerprint density at radius 3 is 3.06 bits per heavy atom. The van der Waals surface area contributed by atoms with Crippen molar-refractivity contribution in [1.82, 2.24) is 9.97 Å². The van der Waals surface area contributed by atoms with E-state index in [1.54, 1.807) is 6.92 Å². The topological polar surface area (TPSA) is 95.8 Å². The van der Waals surface area contributed by atoms with E-state index in [0.717, 1.165) is 11.8 Å². The average molecular weight is 253 g/mol. The van der Waals surface area contributed by atoms with Crippen LogP contribution < -0.4 is 5.56 Å². The number of H-pyrrole nitrogens is 1. The Bertz CT molecular complexity index is 506. The minimum Gasteiger partial charge on any atom is -0.469 e. The zero-order chi connectivity index (χ0) is 12.8. The van der Waals surface area contributed by atoms with Crippen LogP contribution in [-0.2, 0) is 16.0 Å². The fraction of sp³-hybridized carbons (Fsp3) is 0.400.